The van der Waals surface area contributed by atoms with E-state index < -0.39 is 71.7 Å². The van der Waals surface area contributed by atoms with E-state index in [1.807, 2.05) is 0 Å². The number of nitrogen functional groups attached to an aromatic ring is 1. The number of hydrogen-bond acceptors (Lipinski definition) is 16. The van der Waals surface area contributed by atoms with E-state index in [1.54, 1.807) is 0 Å². The van der Waals surface area contributed by atoms with Gasteiger partial charge in [-0.2, -0.15) is 4.31 Å². The average molecular weight is 582 g/mol. The van der Waals surface area contributed by atoms with Gasteiger partial charge in [-0.05, 0) is 0 Å². The molecule has 19 nitrogen and oxygen atoms in total. The molecule has 22 heteroatoms. The maximum atomic E-state index is 12.1. The number of aliphatic hydroxyl groups excluding tert-OH is 5. The first-order chi connectivity index (χ1) is 16.8. The van der Waals surface area contributed by atoms with Gasteiger partial charge in [0.2, 0.25) is 0 Å². The van der Waals surface area contributed by atoms with Gasteiger partial charge in [0, 0.05) is 29.6 Å². The number of carbonyl (C=O) groups excluding carboxylic acids is 1. The van der Waals surface area contributed by atoms with Crippen LogP contribution in [0, 0.1) is 0 Å². The zero-order valence-corrected chi connectivity index (χ0v) is 22.7. The number of phosphoric acid groups is 2. The molecule has 0 bridgehead atoms. The molecule has 9 atom stereocenters. The number of phosphoric ester groups is 2. The molecular formula is C15H23N5NaO14P2. The predicted octanol–water partition coefficient (Wildman–Crippen LogP) is -3.82. The second-order valence-electron chi connectivity index (χ2n) is 7.42. The first kappa shape index (κ1) is 32.3. The van der Waals surface area contributed by atoms with Gasteiger partial charge in [-0.1, -0.05) is 0 Å². The molecule has 203 valence electrons. The zero-order chi connectivity index (χ0) is 26.8. The maximum absolute atomic E-state index is 12.1. The molecule has 1 saturated heterocycles. The molecule has 9 unspecified atom stereocenters. The van der Waals surface area contributed by atoms with E-state index in [0.29, 0.717) is 0 Å². The number of carbonyl (C=O) groups is 1. The van der Waals surface area contributed by atoms with Gasteiger partial charge in [0.15, 0.2) is 24.0 Å². The molecule has 0 amide bonds. The number of imidazole rings is 1. The Morgan fingerprint density at radius 2 is 1.76 bits per heavy atom. The molecule has 9 N–H and O–H groups in total. The minimum atomic E-state index is -5.39. The third kappa shape index (κ3) is 7.80. The van der Waals surface area contributed by atoms with Crippen molar-refractivity contribution in [2.24, 2.45) is 0 Å². The van der Waals surface area contributed by atoms with Crippen molar-refractivity contribution in [2.75, 3.05) is 18.9 Å². The van der Waals surface area contributed by atoms with Crippen LogP contribution in [0.1, 0.15) is 6.23 Å². The van der Waals surface area contributed by atoms with Crippen LogP contribution in [0.3, 0.4) is 0 Å². The molecule has 2 aromatic heterocycles. The van der Waals surface area contributed by atoms with Gasteiger partial charge in [0.1, 0.15) is 48.5 Å². The number of aliphatic hydroxyl groups is 5. The molecular weight excluding hydrogens is 559 g/mol. The van der Waals surface area contributed by atoms with Gasteiger partial charge in [-0.25, -0.2) is 24.1 Å². The topological polar surface area (TPSA) is 299 Å². The summed E-state index contributed by atoms with van der Waals surface area (Å²) in [6.07, 6.45) is -9.91. The molecule has 0 aromatic carbocycles. The van der Waals surface area contributed by atoms with E-state index in [2.05, 4.69) is 28.3 Å². The van der Waals surface area contributed by atoms with E-state index in [9.17, 15) is 44.1 Å². The van der Waals surface area contributed by atoms with Gasteiger partial charge in [0.25, 0.3) is 0 Å². The Morgan fingerprint density at radius 3 is 2.41 bits per heavy atom. The fraction of sp³-hybridized carbons (Fsp3) is 0.600. The third-order valence-corrected chi connectivity index (χ3v) is 7.50. The van der Waals surface area contributed by atoms with Crippen LogP contribution in [0.15, 0.2) is 12.7 Å². The van der Waals surface area contributed by atoms with Crippen LogP contribution >= 0.6 is 15.6 Å². The van der Waals surface area contributed by atoms with E-state index >= 15 is 0 Å². The molecule has 0 spiro atoms. The largest absolute Gasteiger partial charge is 0.481 e. The summed E-state index contributed by atoms with van der Waals surface area (Å²) >= 11 is 0. The summed E-state index contributed by atoms with van der Waals surface area (Å²) in [5.41, 5.74) is 6.04. The number of nitrogens with two attached hydrogens (primary N) is 1. The van der Waals surface area contributed by atoms with Crippen LogP contribution in [0.5, 0.6) is 0 Å². The first-order valence-corrected chi connectivity index (χ1v) is 12.9. The second kappa shape index (κ2) is 12.9. The number of hydrogen-bond donors (Lipinski definition) is 8. The van der Waals surface area contributed by atoms with Crippen molar-refractivity contribution in [1.82, 2.24) is 19.5 Å². The van der Waals surface area contributed by atoms with Gasteiger partial charge >= 0.3 is 15.6 Å². The summed E-state index contributed by atoms with van der Waals surface area (Å²) < 4.78 is 43.5. The van der Waals surface area contributed by atoms with Crippen LogP contribution in [-0.4, -0.2) is 141 Å². The molecule has 2 aromatic rings. The second-order valence-corrected chi connectivity index (χ2v) is 10.5. The molecule has 0 aliphatic carbocycles. The molecule has 1 fully saturated rings. The number of aromatic nitrogens is 4. The number of ether oxygens (including phenoxy) is 1. The van der Waals surface area contributed by atoms with Gasteiger partial charge in [-0.3, -0.25) is 13.6 Å². The maximum Gasteiger partial charge on any atom is 0.481 e. The van der Waals surface area contributed by atoms with Crippen molar-refractivity contribution in [3.05, 3.63) is 12.7 Å². The SMILES string of the molecule is Nc1ncnc2c1ncn2C1OC(COP(=O)(O)OP(=O)(O)OCC(O)C(O)C(O)C=O)C(O)C1O.[Na]. The first-order valence-electron chi connectivity index (χ1n) is 9.86. The molecule has 37 heavy (non-hydrogen) atoms. The Balaban J connectivity index is 0.00000481. The van der Waals surface area contributed by atoms with Crippen LogP contribution in [0.4, 0.5) is 5.82 Å². The van der Waals surface area contributed by atoms with Crippen LogP contribution in [0.25, 0.3) is 11.2 Å². The zero-order valence-electron chi connectivity index (χ0n) is 18.9. The normalized spacial score (nSPS) is 27.5. The number of aldehydes is 1. The summed E-state index contributed by atoms with van der Waals surface area (Å²) in [6, 6.07) is 0. The fourth-order valence-electron chi connectivity index (χ4n) is 3.08. The van der Waals surface area contributed by atoms with Gasteiger partial charge in [0.05, 0.1) is 19.5 Å². The van der Waals surface area contributed by atoms with E-state index in [0.717, 1.165) is 6.33 Å². The standard InChI is InChI=1S/C15H23N5O14P2.Na/c16-13-9-14(18-4-17-13)20(5-19-9)15-12(26)11(25)8(33-15)3-32-36(29,30)34-35(27,28)31-2-7(23)10(24)6(22)1-21;/h1,4-8,10-12,15,22-26H,2-3H2,(H,27,28)(H,29,30)(H2,16,17,18);. The summed E-state index contributed by atoms with van der Waals surface area (Å²) in [7, 11) is -10.8. The van der Waals surface area contributed by atoms with Gasteiger partial charge in [-0.15, -0.1) is 0 Å². The summed E-state index contributed by atoms with van der Waals surface area (Å²) in [5, 5.41) is 48.7. The number of rotatable bonds is 12. The van der Waals surface area contributed by atoms with E-state index in [1.165, 1.54) is 10.9 Å². The van der Waals surface area contributed by atoms with Crippen LogP contribution < -0.4 is 5.73 Å². The van der Waals surface area contributed by atoms with E-state index in [4.69, 9.17) is 15.6 Å². The van der Waals surface area contributed by atoms with Gasteiger partial charge < -0.3 is 50.6 Å². The fourth-order valence-corrected chi connectivity index (χ4v) is 5.17. The quantitative estimate of drug-likeness (QED) is 0.0675. The Kier molecular flexibility index (Phi) is 11.3. The Morgan fingerprint density at radius 1 is 1.11 bits per heavy atom. The monoisotopic (exact) mass is 582 g/mol. The summed E-state index contributed by atoms with van der Waals surface area (Å²) in [4.78, 5) is 41.4. The molecule has 1 aliphatic heterocycles. The Bertz CT molecular complexity index is 1170. The minimum absolute atomic E-state index is 0. The van der Waals surface area contributed by atoms with Crippen molar-refractivity contribution in [3.8, 4) is 0 Å². The van der Waals surface area contributed by atoms with Crippen molar-refractivity contribution in [3.63, 3.8) is 0 Å². The molecule has 1 aliphatic rings. The summed E-state index contributed by atoms with van der Waals surface area (Å²) in [6.45, 7) is -2.11. The number of anilines is 1. The van der Waals surface area contributed by atoms with Crippen molar-refractivity contribution < 1.29 is 67.3 Å². The van der Waals surface area contributed by atoms with Crippen molar-refractivity contribution in [2.45, 2.75) is 42.9 Å². The third-order valence-electron chi connectivity index (χ3n) is 4.90. The molecule has 3 rings (SSSR count). The average Bonchev–Trinajstić information content (AvgIpc) is 3.36. The van der Waals surface area contributed by atoms with Crippen LogP contribution in [0.2, 0.25) is 0 Å². The predicted molar refractivity (Wildman–Crippen MR) is 118 cm³/mol. The Hall–Kier alpha value is -0.960. The number of fused-ring (bicyclic) bond motifs is 1. The molecule has 3 heterocycles. The molecule has 0 saturated carbocycles. The Labute approximate surface area is 229 Å². The number of nitrogens with zero attached hydrogens (tertiary/aromatic N) is 4. The van der Waals surface area contributed by atoms with E-state index in [-0.39, 0.29) is 52.8 Å². The van der Waals surface area contributed by atoms with Crippen molar-refractivity contribution >= 4 is 68.5 Å². The molecule has 1 radical (unpaired) electrons. The minimum Gasteiger partial charge on any atom is -0.388 e. The summed E-state index contributed by atoms with van der Waals surface area (Å²) in [5.74, 6) is 0.0441. The smallest absolute Gasteiger partial charge is 0.388 e. The van der Waals surface area contributed by atoms with Crippen LogP contribution in [-0.2, 0) is 32.0 Å². The van der Waals surface area contributed by atoms with Crippen molar-refractivity contribution in [1.29, 1.82) is 0 Å².